The molecule has 0 saturated carbocycles. The first-order valence-corrected chi connectivity index (χ1v) is 10.8. The fourth-order valence-electron chi connectivity index (χ4n) is 3.12. The Morgan fingerprint density at radius 1 is 0.765 bits per heavy atom. The number of esters is 1. The van der Waals surface area contributed by atoms with Gasteiger partial charge in [0, 0.05) is 11.3 Å². The molecule has 2 atom stereocenters. The molecule has 3 aromatic rings. The topological polar surface area (TPSA) is 120 Å². The van der Waals surface area contributed by atoms with Gasteiger partial charge in [-0.25, -0.2) is 9.59 Å². The Hall–Kier alpha value is -4.33. The molecule has 0 heterocycles. The van der Waals surface area contributed by atoms with Gasteiger partial charge in [0.15, 0.2) is 6.04 Å². The van der Waals surface area contributed by atoms with Crippen LogP contribution in [-0.2, 0) is 32.3 Å². The Kier molecular flexibility index (Phi) is 8.62. The standard InChI is InChI=1S/C26H27N3O5/c1-18(28-26(32)34-17-20-12-6-3-7-13-20)24(30)29-23(21-14-8-9-15-22(21)27)25(31)33-16-19-10-4-2-5-11-19/h2-15,18,23H,16-17,27H2,1H3,(H,28,32)(H,29,30)/t18-,23?/m0/s1. The molecule has 0 fully saturated rings. The maximum atomic E-state index is 12.9. The summed E-state index contributed by atoms with van der Waals surface area (Å²) in [6.45, 7) is 1.59. The Morgan fingerprint density at radius 3 is 1.88 bits per heavy atom. The summed E-state index contributed by atoms with van der Waals surface area (Å²) in [7, 11) is 0. The monoisotopic (exact) mass is 461 g/mol. The van der Waals surface area contributed by atoms with Gasteiger partial charge < -0.3 is 25.8 Å². The minimum absolute atomic E-state index is 0.0401. The first kappa shape index (κ1) is 24.3. The highest BCUT2D eigenvalue weighted by Gasteiger charge is 2.28. The van der Waals surface area contributed by atoms with Crippen molar-refractivity contribution in [2.45, 2.75) is 32.2 Å². The van der Waals surface area contributed by atoms with E-state index in [0.717, 1.165) is 11.1 Å². The van der Waals surface area contributed by atoms with Gasteiger partial charge in [0.05, 0.1) is 0 Å². The number of carbonyl (C=O) groups is 3. The van der Waals surface area contributed by atoms with E-state index in [0.29, 0.717) is 11.3 Å². The van der Waals surface area contributed by atoms with Crippen LogP contribution in [0.1, 0.15) is 29.7 Å². The summed E-state index contributed by atoms with van der Waals surface area (Å²) in [6.07, 6.45) is -0.756. The van der Waals surface area contributed by atoms with E-state index in [1.807, 2.05) is 60.7 Å². The van der Waals surface area contributed by atoms with E-state index in [2.05, 4.69) is 10.6 Å². The second kappa shape index (κ2) is 12.1. The molecule has 0 aliphatic rings. The van der Waals surface area contributed by atoms with Crippen molar-refractivity contribution in [2.24, 2.45) is 0 Å². The van der Waals surface area contributed by atoms with Crippen molar-refractivity contribution in [2.75, 3.05) is 5.73 Å². The lowest BCUT2D eigenvalue weighted by Crippen LogP contribution is -2.47. The molecule has 8 nitrogen and oxygen atoms in total. The molecule has 0 bridgehead atoms. The molecule has 0 radical (unpaired) electrons. The average molecular weight is 462 g/mol. The van der Waals surface area contributed by atoms with Crippen molar-refractivity contribution in [3.8, 4) is 0 Å². The number of hydrogen-bond donors (Lipinski definition) is 3. The molecule has 4 N–H and O–H groups in total. The average Bonchev–Trinajstić information content (AvgIpc) is 2.86. The predicted molar refractivity (Wildman–Crippen MR) is 127 cm³/mol. The number of nitrogen functional groups attached to an aromatic ring is 1. The van der Waals surface area contributed by atoms with Crippen molar-refractivity contribution in [3.63, 3.8) is 0 Å². The number of hydrogen-bond acceptors (Lipinski definition) is 6. The zero-order chi connectivity index (χ0) is 24.3. The van der Waals surface area contributed by atoms with Gasteiger partial charge in [-0.1, -0.05) is 78.9 Å². The lowest BCUT2D eigenvalue weighted by atomic mass is 10.0. The Morgan fingerprint density at radius 2 is 1.29 bits per heavy atom. The van der Waals surface area contributed by atoms with Crippen LogP contribution >= 0.6 is 0 Å². The highest BCUT2D eigenvalue weighted by molar-refractivity contribution is 5.90. The number of benzene rings is 3. The van der Waals surface area contributed by atoms with Gasteiger partial charge in [-0.15, -0.1) is 0 Å². The molecule has 3 rings (SSSR count). The molecule has 176 valence electrons. The third-order valence-corrected chi connectivity index (χ3v) is 4.99. The zero-order valence-electron chi connectivity index (χ0n) is 18.8. The summed E-state index contributed by atoms with van der Waals surface area (Å²) in [5.74, 6) is -1.27. The van der Waals surface area contributed by atoms with Gasteiger partial charge >= 0.3 is 12.1 Å². The molecule has 0 aromatic heterocycles. The quantitative estimate of drug-likeness (QED) is 0.332. The minimum atomic E-state index is -1.15. The number of amides is 2. The van der Waals surface area contributed by atoms with Crippen molar-refractivity contribution in [1.29, 1.82) is 0 Å². The predicted octanol–water partition coefficient (Wildman–Crippen LogP) is 3.48. The summed E-state index contributed by atoms with van der Waals surface area (Å²) in [5.41, 5.74) is 8.39. The molecule has 0 spiro atoms. The van der Waals surface area contributed by atoms with E-state index < -0.39 is 30.1 Å². The Labute approximate surface area is 198 Å². The van der Waals surface area contributed by atoms with Crippen LogP contribution in [-0.4, -0.2) is 24.0 Å². The molecule has 8 heteroatoms. The van der Waals surface area contributed by atoms with Crippen LogP contribution in [0.25, 0.3) is 0 Å². The van der Waals surface area contributed by atoms with Gasteiger partial charge in [0.2, 0.25) is 5.91 Å². The van der Waals surface area contributed by atoms with Crippen LogP contribution in [0.15, 0.2) is 84.9 Å². The van der Waals surface area contributed by atoms with Crippen LogP contribution < -0.4 is 16.4 Å². The Bertz CT molecular complexity index is 1110. The van der Waals surface area contributed by atoms with Gasteiger partial charge in [-0.2, -0.15) is 0 Å². The largest absolute Gasteiger partial charge is 0.459 e. The SMILES string of the molecule is C[C@H](NC(=O)OCc1ccccc1)C(=O)NC(C(=O)OCc1ccccc1)c1ccccc1N. The van der Waals surface area contributed by atoms with Crippen molar-refractivity contribution >= 4 is 23.7 Å². The van der Waals surface area contributed by atoms with Crippen LogP contribution in [0.5, 0.6) is 0 Å². The van der Waals surface area contributed by atoms with Crippen molar-refractivity contribution < 1.29 is 23.9 Å². The lowest BCUT2D eigenvalue weighted by molar-refractivity contribution is -0.149. The van der Waals surface area contributed by atoms with E-state index in [-0.39, 0.29) is 13.2 Å². The van der Waals surface area contributed by atoms with E-state index >= 15 is 0 Å². The normalized spacial score (nSPS) is 12.1. The van der Waals surface area contributed by atoms with Crippen LogP contribution in [0.4, 0.5) is 10.5 Å². The van der Waals surface area contributed by atoms with Crippen LogP contribution in [0, 0.1) is 0 Å². The number of para-hydroxylation sites is 1. The summed E-state index contributed by atoms with van der Waals surface area (Å²) >= 11 is 0. The van der Waals surface area contributed by atoms with E-state index in [1.165, 1.54) is 6.92 Å². The Balaban J connectivity index is 1.62. The second-order valence-electron chi connectivity index (χ2n) is 7.59. The van der Waals surface area contributed by atoms with E-state index in [4.69, 9.17) is 15.2 Å². The third kappa shape index (κ3) is 7.09. The summed E-state index contributed by atoms with van der Waals surface area (Å²) in [6, 6.07) is 22.9. The number of alkyl carbamates (subject to hydrolysis) is 1. The molecular formula is C26H27N3O5. The molecule has 0 aliphatic heterocycles. The molecule has 3 aromatic carbocycles. The van der Waals surface area contributed by atoms with Gasteiger partial charge in [0.25, 0.3) is 0 Å². The number of nitrogens with two attached hydrogens (primary N) is 1. The third-order valence-electron chi connectivity index (χ3n) is 4.99. The number of nitrogens with one attached hydrogen (secondary N) is 2. The van der Waals surface area contributed by atoms with Gasteiger partial charge in [-0.3, -0.25) is 4.79 Å². The second-order valence-corrected chi connectivity index (χ2v) is 7.59. The summed E-state index contributed by atoms with van der Waals surface area (Å²) in [4.78, 5) is 37.8. The maximum Gasteiger partial charge on any atom is 0.408 e. The zero-order valence-corrected chi connectivity index (χ0v) is 18.8. The smallest absolute Gasteiger partial charge is 0.408 e. The highest BCUT2D eigenvalue weighted by Crippen LogP contribution is 2.22. The number of anilines is 1. The lowest BCUT2D eigenvalue weighted by Gasteiger charge is -2.22. The number of carbonyl (C=O) groups excluding carboxylic acids is 3. The summed E-state index contributed by atoms with van der Waals surface area (Å²) < 4.78 is 10.6. The fraction of sp³-hybridized carbons (Fsp3) is 0.192. The molecule has 0 saturated heterocycles. The highest BCUT2D eigenvalue weighted by atomic mass is 16.5. The molecular weight excluding hydrogens is 434 g/mol. The van der Waals surface area contributed by atoms with Crippen LogP contribution in [0.2, 0.25) is 0 Å². The molecule has 34 heavy (non-hydrogen) atoms. The molecule has 1 unspecified atom stereocenters. The summed E-state index contributed by atoms with van der Waals surface area (Å²) in [5, 5.41) is 5.09. The molecule has 2 amide bonds. The fourth-order valence-corrected chi connectivity index (χ4v) is 3.12. The maximum absolute atomic E-state index is 12.9. The van der Waals surface area contributed by atoms with Crippen molar-refractivity contribution in [3.05, 3.63) is 102 Å². The molecule has 0 aliphatic carbocycles. The van der Waals surface area contributed by atoms with Crippen LogP contribution in [0.3, 0.4) is 0 Å². The van der Waals surface area contributed by atoms with Gasteiger partial charge in [-0.05, 0) is 24.1 Å². The first-order valence-electron chi connectivity index (χ1n) is 10.8. The van der Waals surface area contributed by atoms with Crippen molar-refractivity contribution in [1.82, 2.24) is 10.6 Å². The van der Waals surface area contributed by atoms with Gasteiger partial charge in [0.1, 0.15) is 19.3 Å². The van der Waals surface area contributed by atoms with E-state index in [9.17, 15) is 14.4 Å². The number of ether oxygens (including phenoxy) is 2. The minimum Gasteiger partial charge on any atom is -0.459 e. The van der Waals surface area contributed by atoms with E-state index in [1.54, 1.807) is 24.3 Å². The first-order chi connectivity index (χ1) is 16.4. The number of rotatable bonds is 9.